The summed E-state index contributed by atoms with van der Waals surface area (Å²) < 4.78 is 11.0. The molecule has 2 N–H and O–H groups in total. The average molecular weight is 490 g/mol. The van der Waals surface area contributed by atoms with Gasteiger partial charge in [0.1, 0.15) is 5.75 Å². The van der Waals surface area contributed by atoms with Gasteiger partial charge in [-0.25, -0.2) is 4.99 Å². The van der Waals surface area contributed by atoms with Crippen molar-refractivity contribution in [3.8, 4) is 5.75 Å². The second kappa shape index (κ2) is 12.4. The maximum atomic E-state index is 5.56. The number of guanidine groups is 1. The predicted octanol–water partition coefficient (Wildman–Crippen LogP) is 2.87. The van der Waals surface area contributed by atoms with Crippen molar-refractivity contribution in [3.05, 3.63) is 29.8 Å². The summed E-state index contributed by atoms with van der Waals surface area (Å²) >= 11 is 0. The zero-order valence-corrected chi connectivity index (χ0v) is 19.4. The Kier molecular flexibility index (Phi) is 11.0. The Morgan fingerprint density at radius 3 is 2.63 bits per heavy atom. The van der Waals surface area contributed by atoms with Crippen molar-refractivity contribution in [1.29, 1.82) is 0 Å². The average Bonchev–Trinajstić information content (AvgIpc) is 2.65. The topological polar surface area (TPSA) is 58.1 Å². The third-order valence-corrected chi connectivity index (χ3v) is 4.53. The molecule has 6 nitrogen and oxygen atoms in total. The molecule has 0 radical (unpaired) electrons. The van der Waals surface area contributed by atoms with Crippen molar-refractivity contribution in [2.75, 3.05) is 46.0 Å². The van der Waals surface area contributed by atoms with E-state index in [2.05, 4.69) is 42.4 Å². The van der Waals surface area contributed by atoms with Crippen molar-refractivity contribution in [3.63, 3.8) is 0 Å². The summed E-state index contributed by atoms with van der Waals surface area (Å²) in [6, 6.07) is 8.12. The standard InChI is InChI=1S/C20H34N4O2.HI/c1-5-21-19(22-15-17-8-7-9-18(14-17)26-6-2)23-16-20(3,4)24-10-12-25-13-11-24;/h7-9,14H,5-6,10-13,15-16H2,1-4H3,(H2,21,22,23);1H. The van der Waals surface area contributed by atoms with Crippen LogP contribution in [-0.2, 0) is 11.3 Å². The highest BCUT2D eigenvalue weighted by Gasteiger charge is 2.28. The van der Waals surface area contributed by atoms with Crippen molar-refractivity contribution in [1.82, 2.24) is 15.5 Å². The molecule has 0 amide bonds. The van der Waals surface area contributed by atoms with Crippen LogP contribution < -0.4 is 15.4 Å². The Morgan fingerprint density at radius 2 is 1.96 bits per heavy atom. The van der Waals surface area contributed by atoms with Gasteiger partial charge in [0.25, 0.3) is 0 Å². The van der Waals surface area contributed by atoms with E-state index in [1.807, 2.05) is 25.1 Å². The summed E-state index contributed by atoms with van der Waals surface area (Å²) in [6.45, 7) is 15.2. The number of aliphatic imine (C=N–C) groups is 1. The number of benzene rings is 1. The van der Waals surface area contributed by atoms with Crippen LogP contribution in [0.3, 0.4) is 0 Å². The fourth-order valence-electron chi connectivity index (χ4n) is 2.99. The first-order valence-electron chi connectivity index (χ1n) is 9.62. The first kappa shape index (κ1) is 24.0. The quantitative estimate of drug-likeness (QED) is 0.334. The van der Waals surface area contributed by atoms with E-state index in [-0.39, 0.29) is 29.5 Å². The molecule has 1 saturated heterocycles. The molecule has 1 fully saturated rings. The summed E-state index contributed by atoms with van der Waals surface area (Å²) in [4.78, 5) is 7.20. The fraction of sp³-hybridized carbons (Fsp3) is 0.650. The first-order valence-corrected chi connectivity index (χ1v) is 9.62. The summed E-state index contributed by atoms with van der Waals surface area (Å²) in [7, 11) is 0. The monoisotopic (exact) mass is 490 g/mol. The molecule has 0 unspecified atom stereocenters. The third kappa shape index (κ3) is 8.23. The van der Waals surface area contributed by atoms with Crippen LogP contribution in [-0.4, -0.2) is 62.4 Å². The molecule has 0 atom stereocenters. The van der Waals surface area contributed by atoms with E-state index in [1.54, 1.807) is 0 Å². The molecule has 1 aliphatic heterocycles. The third-order valence-electron chi connectivity index (χ3n) is 4.53. The van der Waals surface area contributed by atoms with Crippen molar-refractivity contribution in [2.24, 2.45) is 4.99 Å². The van der Waals surface area contributed by atoms with Gasteiger partial charge in [0.05, 0.1) is 26.4 Å². The minimum absolute atomic E-state index is 0. The van der Waals surface area contributed by atoms with Crippen LogP contribution in [0.25, 0.3) is 0 Å². The lowest BCUT2D eigenvalue weighted by Gasteiger charge is -2.41. The summed E-state index contributed by atoms with van der Waals surface area (Å²) in [6.07, 6.45) is 0. The lowest BCUT2D eigenvalue weighted by Crippen LogP contribution is -2.56. The van der Waals surface area contributed by atoms with Gasteiger partial charge in [-0.15, -0.1) is 24.0 Å². The molecule has 7 heteroatoms. The van der Waals surface area contributed by atoms with E-state index < -0.39 is 0 Å². The lowest BCUT2D eigenvalue weighted by molar-refractivity contribution is -0.00834. The molecule has 0 saturated carbocycles. The van der Waals surface area contributed by atoms with Gasteiger partial charge < -0.3 is 20.1 Å². The zero-order chi connectivity index (χ0) is 18.8. The molecule has 154 valence electrons. The van der Waals surface area contributed by atoms with E-state index in [0.29, 0.717) is 13.2 Å². The van der Waals surface area contributed by atoms with Gasteiger partial charge in [0.2, 0.25) is 0 Å². The number of nitrogens with zero attached hydrogens (tertiary/aromatic N) is 2. The van der Waals surface area contributed by atoms with Gasteiger partial charge in [-0.05, 0) is 45.4 Å². The van der Waals surface area contributed by atoms with Crippen LogP contribution in [0.5, 0.6) is 5.75 Å². The Bertz CT molecular complexity index is 575. The Morgan fingerprint density at radius 1 is 1.22 bits per heavy atom. The molecule has 1 aromatic rings. The van der Waals surface area contributed by atoms with Crippen molar-refractivity contribution >= 4 is 29.9 Å². The number of halogens is 1. The number of hydrogen-bond acceptors (Lipinski definition) is 4. The minimum Gasteiger partial charge on any atom is -0.494 e. The zero-order valence-electron chi connectivity index (χ0n) is 17.1. The summed E-state index contributed by atoms with van der Waals surface area (Å²) in [5, 5.41) is 6.83. The van der Waals surface area contributed by atoms with Crippen molar-refractivity contribution < 1.29 is 9.47 Å². The molecular weight excluding hydrogens is 455 g/mol. The van der Waals surface area contributed by atoms with Gasteiger partial charge in [-0.3, -0.25) is 4.90 Å². The maximum absolute atomic E-state index is 5.56. The van der Waals surface area contributed by atoms with E-state index in [4.69, 9.17) is 14.5 Å². The van der Waals surface area contributed by atoms with Gasteiger partial charge in [-0.2, -0.15) is 0 Å². The molecule has 1 aromatic carbocycles. The second-order valence-corrected chi connectivity index (χ2v) is 7.04. The van der Waals surface area contributed by atoms with E-state index in [9.17, 15) is 0 Å². The minimum atomic E-state index is 0. The first-order chi connectivity index (χ1) is 12.5. The van der Waals surface area contributed by atoms with Gasteiger partial charge in [0, 0.05) is 31.7 Å². The highest BCUT2D eigenvalue weighted by atomic mass is 127. The predicted molar refractivity (Wildman–Crippen MR) is 122 cm³/mol. The molecule has 0 aliphatic carbocycles. The Labute approximate surface area is 181 Å². The fourth-order valence-corrected chi connectivity index (χ4v) is 2.99. The van der Waals surface area contributed by atoms with E-state index >= 15 is 0 Å². The van der Waals surface area contributed by atoms with Gasteiger partial charge in [0.15, 0.2) is 5.96 Å². The molecule has 1 aliphatic rings. The SMILES string of the molecule is CCNC(=NCc1cccc(OCC)c1)NCC(C)(C)N1CCOCC1.I. The normalized spacial score (nSPS) is 15.8. The highest BCUT2D eigenvalue weighted by molar-refractivity contribution is 14.0. The Hall–Kier alpha value is -1.06. The number of ether oxygens (including phenoxy) is 2. The maximum Gasteiger partial charge on any atom is 0.191 e. The molecule has 0 spiro atoms. The van der Waals surface area contributed by atoms with Crippen LogP contribution in [0.15, 0.2) is 29.3 Å². The summed E-state index contributed by atoms with van der Waals surface area (Å²) in [5.41, 5.74) is 1.19. The van der Waals surface area contributed by atoms with Crippen LogP contribution in [0, 0.1) is 0 Å². The van der Waals surface area contributed by atoms with Crippen molar-refractivity contribution in [2.45, 2.75) is 39.8 Å². The second-order valence-electron chi connectivity index (χ2n) is 7.04. The Balaban J connectivity index is 0.00000364. The van der Waals surface area contributed by atoms with Crippen LogP contribution in [0.4, 0.5) is 0 Å². The van der Waals surface area contributed by atoms with E-state index in [1.165, 1.54) is 0 Å². The lowest BCUT2D eigenvalue weighted by atomic mass is 10.0. The summed E-state index contributed by atoms with van der Waals surface area (Å²) in [5.74, 6) is 1.74. The highest BCUT2D eigenvalue weighted by Crippen LogP contribution is 2.16. The molecule has 27 heavy (non-hydrogen) atoms. The number of morpholine rings is 1. The van der Waals surface area contributed by atoms with E-state index in [0.717, 1.165) is 56.7 Å². The van der Waals surface area contributed by atoms with Crippen LogP contribution >= 0.6 is 24.0 Å². The molecule has 2 rings (SSSR count). The number of hydrogen-bond donors (Lipinski definition) is 2. The molecular formula is C20H35IN4O2. The van der Waals surface area contributed by atoms with Crippen LogP contribution in [0.2, 0.25) is 0 Å². The number of nitrogens with one attached hydrogen (secondary N) is 2. The molecule has 0 aromatic heterocycles. The largest absolute Gasteiger partial charge is 0.494 e. The van der Waals surface area contributed by atoms with Gasteiger partial charge in [-0.1, -0.05) is 12.1 Å². The molecule has 0 bridgehead atoms. The van der Waals surface area contributed by atoms with Crippen LogP contribution in [0.1, 0.15) is 33.3 Å². The smallest absolute Gasteiger partial charge is 0.191 e. The number of rotatable bonds is 8. The van der Waals surface area contributed by atoms with Gasteiger partial charge >= 0.3 is 0 Å². The molecule has 1 heterocycles.